The Bertz CT molecular complexity index is 350. The molecule has 0 aromatic rings. The number of nitrogens with zero attached hydrogens (tertiary/aromatic N) is 1. The van der Waals surface area contributed by atoms with E-state index in [9.17, 15) is 14.4 Å². The topological polar surface area (TPSA) is 104 Å². The molecule has 1 fully saturated rings. The summed E-state index contributed by atoms with van der Waals surface area (Å²) >= 11 is 0. The van der Waals surface area contributed by atoms with Crippen molar-refractivity contribution in [3.63, 3.8) is 0 Å². The van der Waals surface area contributed by atoms with E-state index in [1.54, 1.807) is 0 Å². The van der Waals surface area contributed by atoms with Crippen LogP contribution in [0.1, 0.15) is 26.2 Å². The number of hydrogen-bond donors (Lipinski definition) is 2. The number of carbonyl (C=O) groups is 3. The molecule has 108 valence electrons. The molecule has 0 bridgehead atoms. The van der Waals surface area contributed by atoms with Gasteiger partial charge in [0.2, 0.25) is 0 Å². The first-order valence-electron chi connectivity index (χ1n) is 6.26. The predicted octanol–water partition coefficient (Wildman–Crippen LogP) is 0.189. The fraction of sp³-hybridized carbons (Fsp3) is 0.750. The van der Waals surface area contributed by atoms with Crippen molar-refractivity contribution in [1.29, 1.82) is 0 Å². The smallest absolute Gasteiger partial charge is 0.308 e. The third kappa shape index (κ3) is 4.86. The molecule has 0 aromatic carbocycles. The normalized spacial score (nSPS) is 19.9. The summed E-state index contributed by atoms with van der Waals surface area (Å²) in [5, 5.41) is 17.5. The maximum absolute atomic E-state index is 12.1. The van der Waals surface area contributed by atoms with Crippen LogP contribution in [0, 0.1) is 5.92 Å². The van der Waals surface area contributed by atoms with Crippen molar-refractivity contribution in [1.82, 2.24) is 4.90 Å². The van der Waals surface area contributed by atoms with Gasteiger partial charge < -0.3 is 19.8 Å². The van der Waals surface area contributed by atoms with Crippen LogP contribution < -0.4 is 0 Å². The van der Waals surface area contributed by atoms with Crippen LogP contribution in [-0.4, -0.2) is 58.8 Å². The molecule has 0 aromatic heterocycles. The molecular weight excluding hydrogens is 254 g/mol. The number of rotatable bonds is 7. The van der Waals surface area contributed by atoms with Gasteiger partial charge in [-0.25, -0.2) is 0 Å². The van der Waals surface area contributed by atoms with Gasteiger partial charge in [0.25, 0.3) is 5.91 Å². The Labute approximate surface area is 111 Å². The molecule has 1 heterocycles. The molecule has 7 heteroatoms. The minimum absolute atomic E-state index is 0.00130. The van der Waals surface area contributed by atoms with Gasteiger partial charge in [-0.3, -0.25) is 14.4 Å². The molecule has 1 aliphatic rings. The van der Waals surface area contributed by atoms with Crippen LogP contribution in [-0.2, 0) is 19.1 Å². The van der Waals surface area contributed by atoms with E-state index in [1.807, 2.05) is 0 Å². The molecule has 0 radical (unpaired) electrons. The monoisotopic (exact) mass is 273 g/mol. The molecule has 2 N–H and O–H groups in total. The number of hydrogen-bond acceptors (Lipinski definition) is 4. The minimum atomic E-state index is -1.02. The second-order valence-electron chi connectivity index (χ2n) is 4.67. The number of carboxylic acid groups (broad SMARTS) is 2. The maximum Gasteiger partial charge on any atom is 0.308 e. The van der Waals surface area contributed by atoms with E-state index in [0.717, 1.165) is 6.42 Å². The van der Waals surface area contributed by atoms with E-state index >= 15 is 0 Å². The number of carboxylic acids is 2. The summed E-state index contributed by atoms with van der Waals surface area (Å²) in [4.78, 5) is 34.8. The highest BCUT2D eigenvalue weighted by Crippen LogP contribution is 2.16. The van der Waals surface area contributed by atoms with Crippen LogP contribution in [0.4, 0.5) is 0 Å². The molecule has 19 heavy (non-hydrogen) atoms. The fourth-order valence-corrected chi connectivity index (χ4v) is 1.91. The summed E-state index contributed by atoms with van der Waals surface area (Å²) in [6.45, 7) is 2.00. The first-order chi connectivity index (χ1) is 8.91. The van der Waals surface area contributed by atoms with Crippen molar-refractivity contribution < 1.29 is 29.3 Å². The van der Waals surface area contributed by atoms with Crippen LogP contribution in [0.15, 0.2) is 0 Å². The zero-order valence-corrected chi connectivity index (χ0v) is 10.9. The summed E-state index contributed by atoms with van der Waals surface area (Å²) in [6.07, 6.45) is 0.626. The SMILES string of the molecule is CC(CN(CCC(=O)O)C(=O)C1CCCO1)C(=O)O. The van der Waals surface area contributed by atoms with E-state index in [4.69, 9.17) is 14.9 Å². The van der Waals surface area contributed by atoms with Crippen molar-refractivity contribution in [2.45, 2.75) is 32.3 Å². The third-order valence-corrected chi connectivity index (χ3v) is 3.03. The van der Waals surface area contributed by atoms with Gasteiger partial charge in [0.05, 0.1) is 12.3 Å². The number of aliphatic carboxylic acids is 2. The minimum Gasteiger partial charge on any atom is -0.481 e. The Morgan fingerprint density at radius 3 is 2.53 bits per heavy atom. The zero-order chi connectivity index (χ0) is 14.4. The molecule has 0 saturated carbocycles. The number of carbonyl (C=O) groups excluding carboxylic acids is 1. The van der Waals surface area contributed by atoms with Crippen molar-refractivity contribution in [2.75, 3.05) is 19.7 Å². The highest BCUT2D eigenvalue weighted by atomic mass is 16.5. The summed E-state index contributed by atoms with van der Waals surface area (Å²) < 4.78 is 5.26. The van der Waals surface area contributed by atoms with E-state index < -0.39 is 24.0 Å². The number of ether oxygens (including phenoxy) is 1. The summed E-state index contributed by atoms with van der Waals surface area (Å²) in [6, 6.07) is 0. The molecule has 1 rings (SSSR count). The fourth-order valence-electron chi connectivity index (χ4n) is 1.91. The van der Waals surface area contributed by atoms with Gasteiger partial charge in [-0.1, -0.05) is 6.92 Å². The van der Waals surface area contributed by atoms with E-state index in [2.05, 4.69) is 0 Å². The van der Waals surface area contributed by atoms with Crippen molar-refractivity contribution >= 4 is 17.8 Å². The summed E-state index contributed by atoms with van der Waals surface area (Å²) in [5.74, 6) is -3.08. The average molecular weight is 273 g/mol. The van der Waals surface area contributed by atoms with E-state index in [0.29, 0.717) is 13.0 Å². The van der Waals surface area contributed by atoms with E-state index in [1.165, 1.54) is 11.8 Å². The molecule has 0 spiro atoms. The Hall–Kier alpha value is -1.63. The quantitative estimate of drug-likeness (QED) is 0.686. The van der Waals surface area contributed by atoms with Gasteiger partial charge in [-0.15, -0.1) is 0 Å². The second kappa shape index (κ2) is 7.08. The van der Waals surface area contributed by atoms with Crippen molar-refractivity contribution in [2.24, 2.45) is 5.92 Å². The molecule has 1 amide bonds. The Morgan fingerprint density at radius 1 is 1.37 bits per heavy atom. The molecular formula is C12H19NO6. The first kappa shape index (κ1) is 15.4. The molecule has 0 aliphatic carbocycles. The standard InChI is InChI=1S/C12H19NO6/c1-8(12(17)18)7-13(5-4-10(14)15)11(16)9-3-2-6-19-9/h8-9H,2-7H2,1H3,(H,14,15)(H,17,18). The van der Waals surface area contributed by atoms with Crippen LogP contribution >= 0.6 is 0 Å². The molecule has 1 saturated heterocycles. The van der Waals surface area contributed by atoms with Crippen LogP contribution in [0.25, 0.3) is 0 Å². The second-order valence-corrected chi connectivity index (χ2v) is 4.67. The molecule has 1 aliphatic heterocycles. The van der Waals surface area contributed by atoms with Crippen molar-refractivity contribution in [3.8, 4) is 0 Å². The van der Waals surface area contributed by atoms with Gasteiger partial charge in [-0.05, 0) is 12.8 Å². The van der Waals surface area contributed by atoms with Crippen LogP contribution in [0.2, 0.25) is 0 Å². The lowest BCUT2D eigenvalue weighted by Gasteiger charge is -2.26. The van der Waals surface area contributed by atoms with Gasteiger partial charge in [0, 0.05) is 19.7 Å². The predicted molar refractivity (Wildman–Crippen MR) is 64.6 cm³/mol. The molecule has 2 atom stereocenters. The lowest BCUT2D eigenvalue weighted by Crippen LogP contribution is -2.43. The Kier molecular flexibility index (Phi) is 5.75. The Balaban J connectivity index is 2.63. The lowest BCUT2D eigenvalue weighted by atomic mass is 10.1. The van der Waals surface area contributed by atoms with Crippen LogP contribution in [0.5, 0.6) is 0 Å². The summed E-state index contributed by atoms with van der Waals surface area (Å²) in [7, 11) is 0. The van der Waals surface area contributed by atoms with E-state index in [-0.39, 0.29) is 25.4 Å². The zero-order valence-electron chi connectivity index (χ0n) is 10.9. The number of amides is 1. The average Bonchev–Trinajstić information content (AvgIpc) is 2.86. The van der Waals surface area contributed by atoms with Gasteiger partial charge in [-0.2, -0.15) is 0 Å². The highest BCUT2D eigenvalue weighted by molar-refractivity contribution is 5.82. The highest BCUT2D eigenvalue weighted by Gasteiger charge is 2.30. The largest absolute Gasteiger partial charge is 0.481 e. The van der Waals surface area contributed by atoms with Crippen molar-refractivity contribution in [3.05, 3.63) is 0 Å². The maximum atomic E-state index is 12.1. The third-order valence-electron chi connectivity index (χ3n) is 3.03. The molecule has 2 unspecified atom stereocenters. The summed E-state index contributed by atoms with van der Waals surface area (Å²) in [5.41, 5.74) is 0. The Morgan fingerprint density at radius 2 is 2.05 bits per heavy atom. The van der Waals surface area contributed by atoms with Gasteiger partial charge >= 0.3 is 11.9 Å². The lowest BCUT2D eigenvalue weighted by molar-refractivity contribution is -0.146. The van der Waals surface area contributed by atoms with Gasteiger partial charge in [0.1, 0.15) is 6.10 Å². The first-order valence-corrected chi connectivity index (χ1v) is 6.26. The van der Waals surface area contributed by atoms with Crippen LogP contribution in [0.3, 0.4) is 0 Å². The molecule has 7 nitrogen and oxygen atoms in total. The van der Waals surface area contributed by atoms with Gasteiger partial charge in [0.15, 0.2) is 0 Å².